The lowest BCUT2D eigenvalue weighted by Crippen LogP contribution is -2.18. The number of methoxy groups -OCH3 is 1. The lowest BCUT2D eigenvalue weighted by molar-refractivity contribution is -0.141. The number of carboxylic acids is 1. The second kappa shape index (κ2) is 4.98. The molecule has 3 rings (SSSR count). The van der Waals surface area contributed by atoms with Crippen molar-refractivity contribution in [2.75, 3.05) is 20.3 Å². The van der Waals surface area contributed by atoms with E-state index in [-0.39, 0.29) is 12.0 Å². The Morgan fingerprint density at radius 3 is 3.00 bits per heavy atom. The Kier molecular flexibility index (Phi) is 3.30. The van der Waals surface area contributed by atoms with Crippen LogP contribution in [0, 0.1) is 12.8 Å². The fourth-order valence-corrected chi connectivity index (χ4v) is 3.26. The van der Waals surface area contributed by atoms with Crippen LogP contribution in [0.4, 0.5) is 0 Å². The smallest absolute Gasteiger partial charge is 0.307 e. The fraction of sp³-hybridized carbons (Fsp3) is 0.533. The van der Waals surface area contributed by atoms with Gasteiger partial charge in [0.2, 0.25) is 0 Å². The first-order chi connectivity index (χ1) is 9.61. The van der Waals surface area contributed by atoms with Crippen LogP contribution in [0.5, 0.6) is 11.5 Å². The van der Waals surface area contributed by atoms with Gasteiger partial charge < -0.3 is 19.9 Å². The minimum absolute atomic E-state index is 0.0291. The summed E-state index contributed by atoms with van der Waals surface area (Å²) in [6.07, 6.45) is 1.46. The minimum Gasteiger partial charge on any atom is -0.496 e. The van der Waals surface area contributed by atoms with Gasteiger partial charge in [-0.2, -0.15) is 0 Å². The molecule has 0 radical (unpaired) electrons. The first kappa shape index (κ1) is 13.2. The van der Waals surface area contributed by atoms with E-state index in [2.05, 4.69) is 5.32 Å². The standard InChI is InChI=1S/C15H19NO4/c1-8-5-12-10(3-4-20-12)13(14(8)19-2)11-6-9(7-16-11)15(17)18/h5,9,11,16H,3-4,6-7H2,1-2H3,(H,17,18). The van der Waals surface area contributed by atoms with Crippen LogP contribution in [-0.4, -0.2) is 31.3 Å². The van der Waals surface area contributed by atoms with Crippen LogP contribution in [0.1, 0.15) is 29.2 Å². The highest BCUT2D eigenvalue weighted by Gasteiger charge is 2.35. The van der Waals surface area contributed by atoms with E-state index in [9.17, 15) is 4.79 Å². The summed E-state index contributed by atoms with van der Waals surface area (Å²) < 4.78 is 11.2. The molecule has 0 aliphatic carbocycles. The summed E-state index contributed by atoms with van der Waals surface area (Å²) in [6, 6.07) is 2.04. The molecule has 2 aliphatic rings. The van der Waals surface area contributed by atoms with Gasteiger partial charge in [-0.3, -0.25) is 4.79 Å². The third-order valence-electron chi connectivity index (χ3n) is 4.22. The Morgan fingerprint density at radius 1 is 1.55 bits per heavy atom. The molecule has 1 aromatic rings. The number of hydrogen-bond acceptors (Lipinski definition) is 4. The number of carboxylic acid groups (broad SMARTS) is 1. The van der Waals surface area contributed by atoms with Gasteiger partial charge in [0, 0.05) is 30.1 Å². The minimum atomic E-state index is -0.737. The molecule has 0 bridgehead atoms. The highest BCUT2D eigenvalue weighted by atomic mass is 16.5. The second-order valence-corrected chi connectivity index (χ2v) is 5.45. The number of benzene rings is 1. The Hall–Kier alpha value is -1.75. The van der Waals surface area contributed by atoms with Crippen LogP contribution >= 0.6 is 0 Å². The van der Waals surface area contributed by atoms with E-state index in [0.717, 1.165) is 34.6 Å². The van der Waals surface area contributed by atoms with Crippen molar-refractivity contribution in [1.29, 1.82) is 0 Å². The molecule has 0 amide bonds. The Labute approximate surface area is 117 Å². The Bertz CT molecular complexity index is 552. The summed E-state index contributed by atoms with van der Waals surface area (Å²) in [5, 5.41) is 12.5. The summed E-state index contributed by atoms with van der Waals surface area (Å²) in [4.78, 5) is 11.1. The molecule has 20 heavy (non-hydrogen) atoms. The summed E-state index contributed by atoms with van der Waals surface area (Å²) in [6.45, 7) is 3.19. The molecular formula is C15H19NO4. The molecular weight excluding hydrogens is 258 g/mol. The van der Waals surface area contributed by atoms with Crippen LogP contribution in [-0.2, 0) is 11.2 Å². The number of rotatable bonds is 3. The molecule has 1 saturated heterocycles. The fourth-order valence-electron chi connectivity index (χ4n) is 3.26. The van der Waals surface area contributed by atoms with Gasteiger partial charge in [0.25, 0.3) is 0 Å². The molecule has 0 spiro atoms. The van der Waals surface area contributed by atoms with Crippen molar-refractivity contribution in [2.45, 2.75) is 25.8 Å². The van der Waals surface area contributed by atoms with Crippen molar-refractivity contribution < 1.29 is 19.4 Å². The maximum Gasteiger partial charge on any atom is 0.307 e. The second-order valence-electron chi connectivity index (χ2n) is 5.45. The van der Waals surface area contributed by atoms with Crippen LogP contribution in [0.15, 0.2) is 6.07 Å². The molecule has 0 aromatic heterocycles. The lowest BCUT2D eigenvalue weighted by atomic mass is 9.92. The van der Waals surface area contributed by atoms with E-state index in [1.807, 2.05) is 13.0 Å². The van der Waals surface area contributed by atoms with Gasteiger partial charge in [0.05, 0.1) is 19.6 Å². The van der Waals surface area contributed by atoms with Crippen molar-refractivity contribution in [3.05, 3.63) is 22.8 Å². The van der Waals surface area contributed by atoms with E-state index < -0.39 is 5.97 Å². The van der Waals surface area contributed by atoms with Gasteiger partial charge >= 0.3 is 5.97 Å². The summed E-state index contributed by atoms with van der Waals surface area (Å²) >= 11 is 0. The molecule has 0 saturated carbocycles. The van der Waals surface area contributed by atoms with E-state index >= 15 is 0 Å². The Balaban J connectivity index is 2.02. The van der Waals surface area contributed by atoms with E-state index in [1.165, 1.54) is 0 Å². The predicted molar refractivity (Wildman–Crippen MR) is 73.4 cm³/mol. The van der Waals surface area contributed by atoms with Crippen molar-refractivity contribution in [1.82, 2.24) is 5.32 Å². The van der Waals surface area contributed by atoms with Crippen molar-refractivity contribution >= 4 is 5.97 Å². The van der Waals surface area contributed by atoms with Crippen molar-refractivity contribution in [3.8, 4) is 11.5 Å². The van der Waals surface area contributed by atoms with Crippen LogP contribution < -0.4 is 14.8 Å². The van der Waals surface area contributed by atoms with Crippen LogP contribution in [0.25, 0.3) is 0 Å². The van der Waals surface area contributed by atoms with Crippen molar-refractivity contribution in [3.63, 3.8) is 0 Å². The lowest BCUT2D eigenvalue weighted by Gasteiger charge is -2.20. The van der Waals surface area contributed by atoms with Gasteiger partial charge in [-0.15, -0.1) is 0 Å². The number of fused-ring (bicyclic) bond motifs is 1. The maximum absolute atomic E-state index is 11.1. The normalized spacial score (nSPS) is 24.3. The van der Waals surface area contributed by atoms with Crippen LogP contribution in [0.3, 0.4) is 0 Å². The summed E-state index contributed by atoms with van der Waals surface area (Å²) in [5.41, 5.74) is 3.28. The summed E-state index contributed by atoms with van der Waals surface area (Å²) in [5.74, 6) is 0.708. The summed E-state index contributed by atoms with van der Waals surface area (Å²) in [7, 11) is 1.66. The zero-order valence-corrected chi connectivity index (χ0v) is 11.7. The Morgan fingerprint density at radius 2 is 2.35 bits per heavy atom. The highest BCUT2D eigenvalue weighted by molar-refractivity contribution is 5.71. The molecule has 2 N–H and O–H groups in total. The number of nitrogens with one attached hydrogen (secondary N) is 1. The third-order valence-corrected chi connectivity index (χ3v) is 4.22. The molecule has 1 fully saturated rings. The predicted octanol–water partition coefficient (Wildman–Crippen LogP) is 1.67. The third kappa shape index (κ3) is 2.02. The number of aryl methyl sites for hydroxylation is 1. The number of ether oxygens (including phenoxy) is 2. The molecule has 2 heterocycles. The number of aliphatic carboxylic acids is 1. The zero-order valence-electron chi connectivity index (χ0n) is 11.7. The molecule has 1 aromatic carbocycles. The zero-order chi connectivity index (χ0) is 14.3. The molecule has 2 unspecified atom stereocenters. The average molecular weight is 277 g/mol. The van der Waals surface area contributed by atoms with E-state index in [4.69, 9.17) is 14.6 Å². The van der Waals surface area contributed by atoms with E-state index in [0.29, 0.717) is 19.6 Å². The SMILES string of the molecule is COc1c(C)cc2c(c1C1CC(C(=O)O)CN1)CCO2. The largest absolute Gasteiger partial charge is 0.496 e. The molecule has 108 valence electrons. The first-order valence-electron chi connectivity index (χ1n) is 6.91. The van der Waals surface area contributed by atoms with Crippen molar-refractivity contribution in [2.24, 2.45) is 5.92 Å². The molecule has 2 aliphatic heterocycles. The highest BCUT2D eigenvalue weighted by Crippen LogP contribution is 2.43. The number of carbonyl (C=O) groups is 1. The van der Waals surface area contributed by atoms with Gasteiger partial charge in [0.15, 0.2) is 0 Å². The van der Waals surface area contributed by atoms with Gasteiger partial charge in [0.1, 0.15) is 11.5 Å². The van der Waals surface area contributed by atoms with Gasteiger partial charge in [-0.1, -0.05) is 0 Å². The van der Waals surface area contributed by atoms with E-state index in [1.54, 1.807) is 7.11 Å². The number of hydrogen-bond donors (Lipinski definition) is 2. The molecule has 5 heteroatoms. The van der Waals surface area contributed by atoms with Crippen LogP contribution in [0.2, 0.25) is 0 Å². The first-order valence-corrected chi connectivity index (χ1v) is 6.91. The monoisotopic (exact) mass is 277 g/mol. The quantitative estimate of drug-likeness (QED) is 0.879. The van der Waals surface area contributed by atoms with Gasteiger partial charge in [-0.25, -0.2) is 0 Å². The maximum atomic E-state index is 11.1. The molecule has 2 atom stereocenters. The average Bonchev–Trinajstić information content (AvgIpc) is 3.05. The topological polar surface area (TPSA) is 67.8 Å². The van der Waals surface area contributed by atoms with Gasteiger partial charge in [-0.05, 0) is 25.0 Å². The molecule has 5 nitrogen and oxygen atoms in total.